The van der Waals surface area contributed by atoms with Gasteiger partial charge in [0.15, 0.2) is 23.3 Å². The summed E-state index contributed by atoms with van der Waals surface area (Å²) in [5, 5.41) is 19.8. The summed E-state index contributed by atoms with van der Waals surface area (Å²) in [6, 6.07) is 0.593. The van der Waals surface area contributed by atoms with Gasteiger partial charge in [0.25, 0.3) is 0 Å². The fraction of sp³-hybridized carbons (Fsp3) is 0.375. The van der Waals surface area contributed by atoms with Crippen molar-refractivity contribution >= 4 is 11.6 Å². The molecule has 84 valence electrons. The molecule has 0 aliphatic heterocycles. The van der Waals surface area contributed by atoms with Crippen LogP contribution < -0.4 is 11.1 Å². The molecule has 0 radical (unpaired) electrons. The van der Waals surface area contributed by atoms with Crippen LogP contribution in [0.3, 0.4) is 0 Å². The Morgan fingerprint density at radius 1 is 1.47 bits per heavy atom. The van der Waals surface area contributed by atoms with E-state index in [1.165, 1.54) is 0 Å². The van der Waals surface area contributed by atoms with Crippen molar-refractivity contribution in [3.8, 4) is 0 Å². The Morgan fingerprint density at radius 2 is 2.13 bits per heavy atom. The molecule has 0 bridgehead atoms. The average molecular weight is 219 g/mol. The maximum absolute atomic E-state index is 13.0. The maximum atomic E-state index is 13.0. The van der Waals surface area contributed by atoms with E-state index in [0.29, 0.717) is 6.07 Å². The minimum atomic E-state index is -1.04. The van der Waals surface area contributed by atoms with Gasteiger partial charge in [0.1, 0.15) is 0 Å². The Bertz CT molecular complexity index is 349. The number of halogens is 2. The predicted molar refractivity (Wildman–Crippen MR) is 50.1 cm³/mol. The van der Waals surface area contributed by atoms with Crippen molar-refractivity contribution in [3.63, 3.8) is 0 Å². The molecule has 5 nitrogen and oxygen atoms in total. The zero-order valence-corrected chi connectivity index (χ0v) is 7.74. The molecule has 0 amide bonds. The van der Waals surface area contributed by atoms with Crippen LogP contribution in [0, 0.1) is 11.6 Å². The minimum absolute atomic E-state index is 0.106. The fourth-order valence-electron chi connectivity index (χ4n) is 0.884. The van der Waals surface area contributed by atoms with E-state index in [1.807, 2.05) is 0 Å². The number of nitrogens with zero attached hydrogens (tertiary/aromatic N) is 1. The third kappa shape index (κ3) is 3.00. The molecule has 0 saturated heterocycles. The lowest BCUT2D eigenvalue weighted by atomic mass is 10.3. The molecule has 7 heteroatoms. The lowest BCUT2D eigenvalue weighted by molar-refractivity contribution is 0.105. The van der Waals surface area contributed by atoms with Crippen molar-refractivity contribution in [2.24, 2.45) is 0 Å². The maximum Gasteiger partial charge on any atom is 0.168 e. The Labute approximate surface area is 84.6 Å². The third-order valence-corrected chi connectivity index (χ3v) is 1.67. The van der Waals surface area contributed by atoms with Gasteiger partial charge in [-0.3, -0.25) is 0 Å². The molecule has 1 heterocycles. The van der Waals surface area contributed by atoms with Gasteiger partial charge in [0.2, 0.25) is 0 Å². The fourth-order valence-corrected chi connectivity index (χ4v) is 0.884. The summed E-state index contributed by atoms with van der Waals surface area (Å²) < 4.78 is 25.7. The monoisotopic (exact) mass is 219 g/mol. The highest BCUT2D eigenvalue weighted by atomic mass is 19.1. The molecule has 0 aromatic carbocycles. The second-order valence-electron chi connectivity index (χ2n) is 2.90. The smallest absolute Gasteiger partial charge is 0.168 e. The number of nitrogen functional groups attached to an aromatic ring is 1. The van der Waals surface area contributed by atoms with E-state index in [2.05, 4.69) is 10.3 Å². The summed E-state index contributed by atoms with van der Waals surface area (Å²) in [7, 11) is 0. The molecule has 0 spiro atoms. The zero-order valence-electron chi connectivity index (χ0n) is 7.74. The third-order valence-electron chi connectivity index (χ3n) is 1.67. The summed E-state index contributed by atoms with van der Waals surface area (Å²) in [6.07, 6.45) is -1.04. The van der Waals surface area contributed by atoms with E-state index in [1.54, 1.807) is 0 Å². The molecule has 1 rings (SSSR count). The standard InChI is InChI=1S/C8H11F2N3O2/c9-5-1-6(10)8(13-7(5)11)12-2-4(15)3-14/h1,4,14-15H,2-3H2,(H3,11,12,13). The van der Waals surface area contributed by atoms with Crippen molar-refractivity contribution in [2.75, 3.05) is 24.2 Å². The van der Waals surface area contributed by atoms with Gasteiger partial charge in [0.05, 0.1) is 12.7 Å². The van der Waals surface area contributed by atoms with Crippen molar-refractivity contribution < 1.29 is 19.0 Å². The number of anilines is 2. The molecular formula is C8H11F2N3O2. The van der Waals surface area contributed by atoms with E-state index < -0.39 is 30.2 Å². The van der Waals surface area contributed by atoms with Crippen molar-refractivity contribution in [1.29, 1.82) is 0 Å². The molecule has 1 atom stereocenters. The van der Waals surface area contributed by atoms with E-state index >= 15 is 0 Å². The van der Waals surface area contributed by atoms with Crippen LogP contribution in [0.1, 0.15) is 0 Å². The largest absolute Gasteiger partial charge is 0.394 e. The molecule has 1 unspecified atom stereocenters. The van der Waals surface area contributed by atoms with Crippen LogP contribution >= 0.6 is 0 Å². The molecule has 1 aromatic heterocycles. The van der Waals surface area contributed by atoms with Crippen LogP contribution in [0.4, 0.5) is 20.4 Å². The minimum Gasteiger partial charge on any atom is -0.394 e. The van der Waals surface area contributed by atoms with Crippen LogP contribution in [0.5, 0.6) is 0 Å². The summed E-state index contributed by atoms with van der Waals surface area (Å²) in [6.45, 7) is -0.573. The molecule has 15 heavy (non-hydrogen) atoms. The SMILES string of the molecule is Nc1nc(NCC(O)CO)c(F)cc1F. The van der Waals surface area contributed by atoms with Gasteiger partial charge in [-0.05, 0) is 0 Å². The number of aromatic nitrogens is 1. The van der Waals surface area contributed by atoms with E-state index in [-0.39, 0.29) is 12.4 Å². The highest BCUT2D eigenvalue weighted by molar-refractivity contribution is 5.44. The Balaban J connectivity index is 2.73. The first-order valence-corrected chi connectivity index (χ1v) is 4.19. The summed E-state index contributed by atoms with van der Waals surface area (Å²) in [5.41, 5.74) is 5.12. The number of aliphatic hydroxyl groups excluding tert-OH is 2. The van der Waals surface area contributed by atoms with Crippen LogP contribution in [0.2, 0.25) is 0 Å². The van der Waals surface area contributed by atoms with Crippen molar-refractivity contribution in [2.45, 2.75) is 6.10 Å². The quantitative estimate of drug-likeness (QED) is 0.558. The second kappa shape index (κ2) is 4.85. The van der Waals surface area contributed by atoms with Crippen molar-refractivity contribution in [1.82, 2.24) is 4.98 Å². The lowest BCUT2D eigenvalue weighted by Gasteiger charge is -2.10. The lowest BCUT2D eigenvalue weighted by Crippen LogP contribution is -2.24. The molecule has 0 aliphatic carbocycles. The van der Waals surface area contributed by atoms with Crippen LogP contribution in [0.15, 0.2) is 6.07 Å². The van der Waals surface area contributed by atoms with Crippen molar-refractivity contribution in [3.05, 3.63) is 17.7 Å². The van der Waals surface area contributed by atoms with Gasteiger partial charge in [0, 0.05) is 12.6 Å². The van der Waals surface area contributed by atoms with Gasteiger partial charge in [-0.15, -0.1) is 0 Å². The Hall–Kier alpha value is -1.47. The zero-order chi connectivity index (χ0) is 11.4. The molecule has 0 saturated carbocycles. The van der Waals surface area contributed by atoms with Crippen LogP contribution in [-0.4, -0.2) is 34.5 Å². The number of nitrogens with two attached hydrogens (primary N) is 1. The van der Waals surface area contributed by atoms with Gasteiger partial charge in [-0.25, -0.2) is 13.8 Å². The van der Waals surface area contributed by atoms with E-state index in [0.717, 1.165) is 0 Å². The molecule has 5 N–H and O–H groups in total. The summed E-state index contributed by atoms with van der Waals surface area (Å²) in [4.78, 5) is 3.40. The Kier molecular flexibility index (Phi) is 3.75. The number of pyridine rings is 1. The molecular weight excluding hydrogens is 208 g/mol. The molecule has 0 aliphatic rings. The summed E-state index contributed by atoms with van der Waals surface area (Å²) in [5.74, 6) is -2.55. The molecule has 0 fully saturated rings. The first-order valence-electron chi connectivity index (χ1n) is 4.19. The van der Waals surface area contributed by atoms with Gasteiger partial charge < -0.3 is 21.3 Å². The number of nitrogens with one attached hydrogen (secondary N) is 1. The number of aliphatic hydroxyl groups is 2. The van der Waals surface area contributed by atoms with E-state index in [4.69, 9.17) is 15.9 Å². The van der Waals surface area contributed by atoms with Crippen LogP contribution in [-0.2, 0) is 0 Å². The highest BCUT2D eigenvalue weighted by Gasteiger charge is 2.10. The number of rotatable bonds is 4. The topological polar surface area (TPSA) is 91.4 Å². The van der Waals surface area contributed by atoms with Gasteiger partial charge >= 0.3 is 0 Å². The predicted octanol–water partition coefficient (Wildman–Crippen LogP) is -0.293. The first kappa shape index (κ1) is 11.6. The number of hydrogen-bond acceptors (Lipinski definition) is 5. The van der Waals surface area contributed by atoms with E-state index in [9.17, 15) is 8.78 Å². The normalized spacial score (nSPS) is 12.5. The summed E-state index contributed by atoms with van der Waals surface area (Å²) >= 11 is 0. The average Bonchev–Trinajstić information content (AvgIpc) is 2.21. The molecule has 1 aromatic rings. The first-order chi connectivity index (χ1) is 7.04. The number of hydrogen-bond donors (Lipinski definition) is 4. The van der Waals surface area contributed by atoms with Gasteiger partial charge in [-0.2, -0.15) is 0 Å². The Morgan fingerprint density at radius 3 is 2.73 bits per heavy atom. The van der Waals surface area contributed by atoms with Gasteiger partial charge in [-0.1, -0.05) is 0 Å². The highest BCUT2D eigenvalue weighted by Crippen LogP contribution is 2.16. The van der Waals surface area contributed by atoms with Crippen LogP contribution in [0.25, 0.3) is 0 Å². The second-order valence-corrected chi connectivity index (χ2v) is 2.90.